The quantitative estimate of drug-likeness (QED) is 0.687. The smallest absolute Gasteiger partial charge is 0.313 e. The fourth-order valence-electron chi connectivity index (χ4n) is 3.48. The number of aryl methyl sites for hydroxylation is 2. The van der Waals surface area contributed by atoms with Crippen LogP contribution in [0.4, 0.5) is 5.69 Å². The van der Waals surface area contributed by atoms with Crippen LogP contribution in [0.1, 0.15) is 31.4 Å². The molecule has 0 radical (unpaired) electrons. The summed E-state index contributed by atoms with van der Waals surface area (Å²) in [4.78, 5) is 29.1. The van der Waals surface area contributed by atoms with E-state index < -0.39 is 27.7 Å². The lowest BCUT2D eigenvalue weighted by molar-refractivity contribution is -0.144. The molecule has 2 amide bonds. The van der Waals surface area contributed by atoms with E-state index in [1.165, 1.54) is 4.90 Å². The normalized spacial score (nSPS) is 18.2. The average molecular weight is 410 g/mol. The zero-order valence-corrected chi connectivity index (χ0v) is 18.0. The molecule has 1 aromatic carbocycles. The summed E-state index contributed by atoms with van der Waals surface area (Å²) >= 11 is 0. The molecule has 1 N–H and O–H groups in total. The minimum atomic E-state index is -3.16. The van der Waals surface area contributed by atoms with E-state index in [2.05, 4.69) is 5.32 Å². The SMILES string of the molecule is CCc1cccc(CC)c1NC(=O)C(=O)N(CCN(C)C)C1CCS(=O)(=O)C1. The molecule has 156 valence electrons. The average Bonchev–Trinajstić information content (AvgIpc) is 3.01. The summed E-state index contributed by atoms with van der Waals surface area (Å²) in [5.74, 6) is -1.40. The van der Waals surface area contributed by atoms with Gasteiger partial charge in [0.15, 0.2) is 9.84 Å². The molecule has 28 heavy (non-hydrogen) atoms. The molecule has 7 nitrogen and oxygen atoms in total. The third-order valence-corrected chi connectivity index (χ3v) is 6.88. The fraction of sp³-hybridized carbons (Fsp3) is 0.600. The van der Waals surface area contributed by atoms with Crippen LogP contribution in [0.25, 0.3) is 0 Å². The Bertz CT molecular complexity index is 798. The van der Waals surface area contributed by atoms with Crippen molar-refractivity contribution in [3.8, 4) is 0 Å². The zero-order valence-electron chi connectivity index (χ0n) is 17.2. The van der Waals surface area contributed by atoms with Crippen LogP contribution in [0.3, 0.4) is 0 Å². The first kappa shape index (κ1) is 22.4. The van der Waals surface area contributed by atoms with Crippen molar-refractivity contribution in [2.45, 2.75) is 39.2 Å². The molecular formula is C20H31N3O4S. The Morgan fingerprint density at radius 2 is 1.71 bits per heavy atom. The monoisotopic (exact) mass is 409 g/mol. The van der Waals surface area contributed by atoms with Gasteiger partial charge in [0.2, 0.25) is 0 Å². The molecule has 8 heteroatoms. The number of hydrogen-bond donors (Lipinski definition) is 1. The zero-order chi connectivity index (χ0) is 20.9. The lowest BCUT2D eigenvalue weighted by Gasteiger charge is -2.29. The molecule has 0 aromatic heterocycles. The molecule has 0 aliphatic carbocycles. The molecule has 0 spiro atoms. The summed E-state index contributed by atoms with van der Waals surface area (Å²) in [6, 6.07) is 5.37. The highest BCUT2D eigenvalue weighted by atomic mass is 32.2. The van der Waals surface area contributed by atoms with Gasteiger partial charge in [0.25, 0.3) is 0 Å². The third-order valence-electron chi connectivity index (χ3n) is 5.13. The number of likely N-dealkylation sites (N-methyl/N-ethyl adjacent to an activating group) is 1. The summed E-state index contributed by atoms with van der Waals surface area (Å²) in [7, 11) is 0.591. The Kier molecular flexibility index (Phi) is 7.60. The highest BCUT2D eigenvalue weighted by Crippen LogP contribution is 2.23. The molecule has 1 aromatic rings. The molecule has 1 fully saturated rings. The molecule has 2 rings (SSSR count). The number of amides is 2. The van der Waals surface area contributed by atoms with Gasteiger partial charge in [0, 0.05) is 24.8 Å². The number of para-hydroxylation sites is 1. The van der Waals surface area contributed by atoms with Crippen LogP contribution >= 0.6 is 0 Å². The van der Waals surface area contributed by atoms with Gasteiger partial charge in [-0.05, 0) is 44.5 Å². The lowest BCUT2D eigenvalue weighted by Crippen LogP contribution is -2.49. The Hall–Kier alpha value is -1.93. The number of anilines is 1. The number of carbonyl (C=O) groups excluding carboxylic acids is 2. The van der Waals surface area contributed by atoms with Crippen molar-refractivity contribution in [3.63, 3.8) is 0 Å². The lowest BCUT2D eigenvalue weighted by atomic mass is 10.0. The first-order valence-corrected chi connectivity index (χ1v) is 11.6. The van der Waals surface area contributed by atoms with Gasteiger partial charge in [0.05, 0.1) is 11.5 Å². The van der Waals surface area contributed by atoms with Crippen LogP contribution in [0.2, 0.25) is 0 Å². The predicted molar refractivity (Wildman–Crippen MR) is 111 cm³/mol. The highest BCUT2D eigenvalue weighted by Gasteiger charge is 2.36. The van der Waals surface area contributed by atoms with Gasteiger partial charge in [-0.2, -0.15) is 0 Å². The van der Waals surface area contributed by atoms with Gasteiger partial charge in [-0.3, -0.25) is 9.59 Å². The van der Waals surface area contributed by atoms with Gasteiger partial charge in [0.1, 0.15) is 0 Å². The first-order chi connectivity index (χ1) is 13.2. The van der Waals surface area contributed by atoms with Crippen LogP contribution in [-0.2, 0) is 32.3 Å². The largest absolute Gasteiger partial charge is 0.329 e. The minimum absolute atomic E-state index is 0.0592. The van der Waals surface area contributed by atoms with Gasteiger partial charge in [-0.1, -0.05) is 32.0 Å². The Morgan fingerprint density at radius 3 is 2.18 bits per heavy atom. The minimum Gasteiger partial charge on any atom is -0.329 e. The first-order valence-electron chi connectivity index (χ1n) is 9.76. The maximum absolute atomic E-state index is 13.0. The summed E-state index contributed by atoms with van der Waals surface area (Å²) in [5.41, 5.74) is 2.64. The fourth-order valence-corrected chi connectivity index (χ4v) is 5.21. The van der Waals surface area contributed by atoms with Crippen LogP contribution < -0.4 is 5.32 Å². The number of sulfone groups is 1. The summed E-state index contributed by atoms with van der Waals surface area (Å²) in [5, 5.41) is 2.80. The molecule has 1 aliphatic heterocycles. The van der Waals surface area contributed by atoms with E-state index in [0.717, 1.165) is 24.0 Å². The highest BCUT2D eigenvalue weighted by molar-refractivity contribution is 7.91. The molecule has 1 atom stereocenters. The molecule has 1 saturated heterocycles. The van der Waals surface area contributed by atoms with Crippen molar-refractivity contribution in [1.82, 2.24) is 9.80 Å². The van der Waals surface area contributed by atoms with Gasteiger partial charge >= 0.3 is 11.8 Å². The van der Waals surface area contributed by atoms with Gasteiger partial charge in [-0.15, -0.1) is 0 Å². The van der Waals surface area contributed by atoms with E-state index in [1.807, 2.05) is 51.0 Å². The Morgan fingerprint density at radius 1 is 1.11 bits per heavy atom. The molecule has 1 aliphatic rings. The second-order valence-electron chi connectivity index (χ2n) is 7.47. The van der Waals surface area contributed by atoms with Crippen molar-refractivity contribution in [1.29, 1.82) is 0 Å². The standard InChI is InChI=1S/C20H31N3O4S/c1-5-15-8-7-9-16(6-2)18(15)21-19(24)20(25)23(12-11-22(3)4)17-10-13-28(26,27)14-17/h7-9,17H,5-6,10-14H2,1-4H3,(H,21,24). The van der Waals surface area contributed by atoms with Crippen molar-refractivity contribution in [2.24, 2.45) is 0 Å². The van der Waals surface area contributed by atoms with Gasteiger partial charge < -0.3 is 15.1 Å². The molecule has 0 saturated carbocycles. The van der Waals surface area contributed by atoms with E-state index in [1.54, 1.807) is 0 Å². The number of rotatable bonds is 7. The second kappa shape index (κ2) is 9.52. The maximum Gasteiger partial charge on any atom is 0.313 e. The molecule has 1 heterocycles. The summed E-state index contributed by atoms with van der Waals surface area (Å²) in [6.45, 7) is 4.87. The molecule has 1 unspecified atom stereocenters. The van der Waals surface area contributed by atoms with E-state index in [9.17, 15) is 18.0 Å². The molecular weight excluding hydrogens is 378 g/mol. The van der Waals surface area contributed by atoms with Crippen molar-refractivity contribution in [2.75, 3.05) is 44.0 Å². The van der Waals surface area contributed by atoms with Crippen molar-refractivity contribution >= 4 is 27.3 Å². The number of hydrogen-bond acceptors (Lipinski definition) is 5. The Labute approximate surface area is 168 Å². The summed E-state index contributed by atoms with van der Waals surface area (Å²) < 4.78 is 23.8. The van der Waals surface area contributed by atoms with Crippen molar-refractivity contribution < 1.29 is 18.0 Å². The van der Waals surface area contributed by atoms with E-state index >= 15 is 0 Å². The van der Waals surface area contributed by atoms with Gasteiger partial charge in [-0.25, -0.2) is 8.42 Å². The van der Waals surface area contributed by atoms with Crippen LogP contribution in [0.5, 0.6) is 0 Å². The van der Waals surface area contributed by atoms with Crippen molar-refractivity contribution in [3.05, 3.63) is 29.3 Å². The topological polar surface area (TPSA) is 86.8 Å². The van der Waals surface area contributed by atoms with Crippen LogP contribution in [0.15, 0.2) is 18.2 Å². The van der Waals surface area contributed by atoms with Crippen LogP contribution in [0, 0.1) is 0 Å². The third kappa shape index (κ3) is 5.54. The second-order valence-corrected chi connectivity index (χ2v) is 9.70. The van der Waals surface area contributed by atoms with Crippen LogP contribution in [-0.4, -0.2) is 74.8 Å². The number of nitrogens with one attached hydrogen (secondary N) is 1. The number of benzene rings is 1. The summed E-state index contributed by atoms with van der Waals surface area (Å²) in [6.07, 6.45) is 1.85. The number of nitrogens with zero attached hydrogens (tertiary/aromatic N) is 2. The number of carbonyl (C=O) groups is 2. The van der Waals surface area contributed by atoms with E-state index in [4.69, 9.17) is 0 Å². The predicted octanol–water partition coefficient (Wildman–Crippen LogP) is 1.33. The maximum atomic E-state index is 13.0. The van der Waals surface area contributed by atoms with E-state index in [-0.39, 0.29) is 11.5 Å². The Balaban J connectivity index is 2.23. The molecule has 0 bridgehead atoms. The van der Waals surface area contributed by atoms with E-state index in [0.29, 0.717) is 25.2 Å².